The van der Waals surface area contributed by atoms with Crippen molar-refractivity contribution in [3.05, 3.63) is 117 Å². The van der Waals surface area contributed by atoms with E-state index in [2.05, 4.69) is 53.6 Å². The van der Waals surface area contributed by atoms with Crippen molar-refractivity contribution in [2.45, 2.75) is 84.2 Å². The molecule has 3 aromatic carbocycles. The van der Waals surface area contributed by atoms with Crippen molar-refractivity contribution in [2.24, 2.45) is 5.73 Å². The Bertz CT molecular complexity index is 3920. The summed E-state index contributed by atoms with van der Waals surface area (Å²) >= 11 is 2.97. The summed E-state index contributed by atoms with van der Waals surface area (Å²) in [6.07, 6.45) is 5.54. The second-order valence-electron chi connectivity index (χ2n) is 24.3. The predicted molar refractivity (Wildman–Crippen MR) is 396 cm³/mol. The van der Waals surface area contributed by atoms with Crippen LogP contribution in [0.2, 0.25) is 0 Å². The van der Waals surface area contributed by atoms with Crippen LogP contribution < -0.4 is 36.6 Å². The minimum Gasteiger partial charge on any atom is -0.491 e. The number of thiazole rings is 2. The first-order chi connectivity index (χ1) is 51.7. The summed E-state index contributed by atoms with van der Waals surface area (Å²) in [5.74, 6) is 4.86. The SMILES string of the molecule is CNCCCC(NC(=O)CN)C(=O)Nc1ccc(COC(=O)N(C)CC#Cc2ccc(OCCCc3sc(N4CCCc5c4nnc(Nc4nc6ccccc6s4)c5C)nc3C=O)c(F)c2)c(CN(C)Cc2cn(CCOCCOCCOCCOCCOCCOCCOCCOCCC(=O)O)nn2)c1. The lowest BCUT2D eigenvalue weighted by molar-refractivity contribution is -0.138. The highest BCUT2D eigenvalue weighted by molar-refractivity contribution is 7.22. The van der Waals surface area contributed by atoms with Crippen LogP contribution in [0.3, 0.4) is 0 Å². The van der Waals surface area contributed by atoms with Crippen LogP contribution in [-0.4, -0.2) is 246 Å². The van der Waals surface area contributed by atoms with Crippen LogP contribution in [0.5, 0.6) is 5.75 Å². The number of ether oxygens (including phenoxy) is 10. The van der Waals surface area contributed by atoms with Crippen LogP contribution in [0.4, 0.5) is 36.8 Å². The van der Waals surface area contributed by atoms with Crippen molar-refractivity contribution >= 4 is 90.6 Å². The Morgan fingerprint density at radius 3 is 2.14 bits per heavy atom. The Kier molecular flexibility index (Phi) is 36.2. The predicted octanol–water partition coefficient (Wildman–Crippen LogP) is 6.48. The minimum atomic E-state index is -0.895. The standard InChI is InChI=1S/C72H96FN15O16S2/c1-51-57-12-9-24-88(68(57)83-82-67(51)80-70-78-59-13-5-6-15-63(59)105-70)71-79-61(49-89)64(106-71)16-10-26-103-62-20-17-52(43-58(62)73)11-8-23-86(4)72(94)104-50-53-18-19-55(76-69(93)60(14-7-22-75-2)77-65(90)45-74)44-54(53)46-85(3)47-56-48-87(84-81-56)25-28-96-30-32-98-34-36-100-38-40-102-42-41-101-39-37-99-35-33-97-31-29-95-27-21-66(91)92/h5-6,13,15,17-20,43-44,48-49,60,75H,7,9-10,12,14,16,21-42,45-47,50,74H2,1-4H3,(H,76,93)(H,77,90)(H,91,92)(H,78,80,82). The lowest BCUT2D eigenvalue weighted by Gasteiger charge is -2.28. The number of carboxylic acid groups (broad SMARTS) is 1. The molecule has 0 spiro atoms. The summed E-state index contributed by atoms with van der Waals surface area (Å²) in [6, 6.07) is 16.8. The summed E-state index contributed by atoms with van der Waals surface area (Å²) < 4.78 is 73.8. The average molecular weight is 1510 g/mol. The van der Waals surface area contributed by atoms with Gasteiger partial charge in [0.15, 0.2) is 39.8 Å². The third-order valence-corrected chi connectivity index (χ3v) is 18.2. The van der Waals surface area contributed by atoms with Crippen LogP contribution in [0.1, 0.15) is 81.0 Å². The van der Waals surface area contributed by atoms with Gasteiger partial charge in [0.2, 0.25) is 11.8 Å². The molecular formula is C72H96FN15O16S2. The first-order valence-corrected chi connectivity index (χ1v) is 36.8. The number of benzene rings is 3. The molecule has 1 aliphatic rings. The zero-order valence-electron chi connectivity index (χ0n) is 60.4. The zero-order valence-corrected chi connectivity index (χ0v) is 62.1. The summed E-state index contributed by atoms with van der Waals surface area (Å²) in [7, 11) is 5.24. The normalized spacial score (nSPS) is 12.2. The molecule has 31 nitrogen and oxygen atoms in total. The van der Waals surface area contributed by atoms with Gasteiger partial charge in [0.1, 0.15) is 18.3 Å². The fourth-order valence-electron chi connectivity index (χ4n) is 10.7. The molecule has 5 heterocycles. The molecule has 1 atom stereocenters. The highest BCUT2D eigenvalue weighted by atomic mass is 32.1. The van der Waals surface area contributed by atoms with Gasteiger partial charge in [-0.15, -0.1) is 26.6 Å². The number of nitrogens with zero attached hydrogens (tertiary/aromatic N) is 10. The van der Waals surface area contributed by atoms with Crippen molar-refractivity contribution in [1.82, 2.24) is 55.6 Å². The largest absolute Gasteiger partial charge is 0.491 e. The zero-order chi connectivity index (χ0) is 75.1. The Morgan fingerprint density at radius 1 is 0.792 bits per heavy atom. The number of para-hydroxylation sites is 1. The molecule has 4 aromatic heterocycles. The number of hydrogen-bond acceptors (Lipinski definition) is 28. The van der Waals surface area contributed by atoms with Gasteiger partial charge in [-0.2, -0.15) is 0 Å². The van der Waals surface area contributed by atoms with Crippen molar-refractivity contribution in [3.8, 4) is 17.6 Å². The quantitative estimate of drug-likeness (QED) is 0.0135. The summed E-state index contributed by atoms with van der Waals surface area (Å²) in [5, 5.41) is 39.9. The number of nitrogens with two attached hydrogens (primary N) is 1. The third-order valence-electron chi connectivity index (χ3n) is 16.1. The monoisotopic (exact) mass is 1510 g/mol. The van der Waals surface area contributed by atoms with E-state index >= 15 is 4.39 Å². The molecule has 8 rings (SSSR count). The van der Waals surface area contributed by atoms with Crippen molar-refractivity contribution < 1.29 is 80.8 Å². The number of nitrogens with one attached hydrogen (secondary N) is 4. The van der Waals surface area contributed by atoms with Crippen LogP contribution in [0, 0.1) is 24.6 Å². The van der Waals surface area contributed by atoms with Gasteiger partial charge in [0.05, 0.1) is 154 Å². The maximum Gasteiger partial charge on any atom is 0.410 e. The summed E-state index contributed by atoms with van der Waals surface area (Å²) in [4.78, 5) is 77.6. The molecule has 0 saturated carbocycles. The fourth-order valence-corrected chi connectivity index (χ4v) is 12.6. The number of carbonyl (C=O) groups excluding carboxylic acids is 4. The number of carbonyl (C=O) groups is 5. The van der Waals surface area contributed by atoms with E-state index in [1.54, 1.807) is 47.3 Å². The maximum atomic E-state index is 15.4. The van der Waals surface area contributed by atoms with E-state index in [1.165, 1.54) is 35.4 Å². The third kappa shape index (κ3) is 28.5. The van der Waals surface area contributed by atoms with E-state index in [4.69, 9.17) is 68.2 Å². The van der Waals surface area contributed by atoms with E-state index in [-0.39, 0.29) is 45.1 Å². The molecule has 0 bridgehead atoms. The van der Waals surface area contributed by atoms with Gasteiger partial charge in [-0.1, -0.05) is 46.6 Å². The topological polar surface area (TPSA) is 364 Å². The first kappa shape index (κ1) is 82.8. The lowest BCUT2D eigenvalue weighted by atomic mass is 10.0. The lowest BCUT2D eigenvalue weighted by Crippen LogP contribution is -2.46. The van der Waals surface area contributed by atoms with Crippen LogP contribution in [0.15, 0.2) is 66.9 Å². The minimum absolute atomic E-state index is 0.0295. The number of aldehydes is 1. The van der Waals surface area contributed by atoms with Gasteiger partial charge >= 0.3 is 12.1 Å². The van der Waals surface area contributed by atoms with Gasteiger partial charge in [0.25, 0.3) is 0 Å². The molecule has 0 radical (unpaired) electrons. The number of amides is 3. The summed E-state index contributed by atoms with van der Waals surface area (Å²) in [5.41, 5.74) is 11.8. The van der Waals surface area contributed by atoms with Crippen LogP contribution >= 0.6 is 22.7 Å². The molecular weight excluding hydrogens is 1410 g/mol. The number of aromatic nitrogens is 7. The van der Waals surface area contributed by atoms with Gasteiger partial charge in [-0.25, -0.2) is 23.8 Å². The van der Waals surface area contributed by atoms with E-state index < -0.39 is 35.7 Å². The van der Waals surface area contributed by atoms with E-state index in [0.29, 0.717) is 202 Å². The molecule has 3 amide bonds. The van der Waals surface area contributed by atoms with E-state index in [1.807, 2.05) is 54.2 Å². The molecule has 7 aromatic rings. The molecule has 34 heteroatoms. The molecule has 0 fully saturated rings. The smallest absolute Gasteiger partial charge is 0.410 e. The molecule has 1 aliphatic heterocycles. The average Bonchev–Trinajstić information content (AvgIpc) is 1.27. The van der Waals surface area contributed by atoms with Crippen molar-refractivity contribution in [3.63, 3.8) is 0 Å². The highest BCUT2D eigenvalue weighted by Gasteiger charge is 2.28. The highest BCUT2D eigenvalue weighted by Crippen LogP contribution is 2.39. The Morgan fingerprint density at radius 2 is 1.48 bits per heavy atom. The number of anilines is 5. The van der Waals surface area contributed by atoms with E-state index in [9.17, 15) is 24.0 Å². The number of carboxylic acids is 1. The maximum absolute atomic E-state index is 15.4. The van der Waals surface area contributed by atoms with Crippen molar-refractivity contribution in [2.75, 3.05) is 175 Å². The van der Waals surface area contributed by atoms with Gasteiger partial charge in [0, 0.05) is 60.1 Å². The fraction of sp³-hybridized carbons (Fsp3) is 0.514. The molecule has 0 saturated heterocycles. The number of aryl methyl sites for hydroxylation is 1. The second-order valence-corrected chi connectivity index (χ2v) is 26.4. The molecule has 1 unspecified atom stereocenters. The van der Waals surface area contributed by atoms with Gasteiger partial charge in [-0.05, 0) is 120 Å². The van der Waals surface area contributed by atoms with Gasteiger partial charge < -0.3 is 89.3 Å². The summed E-state index contributed by atoms with van der Waals surface area (Å²) in [6.45, 7) is 10.5. The second kappa shape index (κ2) is 46.3. The number of halogens is 1. The Hall–Kier alpha value is -8.80. The molecule has 106 heavy (non-hydrogen) atoms. The first-order valence-electron chi connectivity index (χ1n) is 35.2. The molecule has 574 valence electrons. The number of hydrogen-bond donors (Lipinski definition) is 6. The van der Waals surface area contributed by atoms with Crippen LogP contribution in [0.25, 0.3) is 10.2 Å². The molecule has 7 N–H and O–H groups in total. The van der Waals surface area contributed by atoms with Gasteiger partial charge in [-0.3, -0.25) is 24.1 Å². The Balaban J connectivity index is 0.732. The molecule has 0 aliphatic carbocycles. The Labute approximate surface area is 623 Å². The van der Waals surface area contributed by atoms with Crippen LogP contribution in [-0.2, 0) is 96.1 Å². The number of aliphatic carboxylic acids is 1. The van der Waals surface area contributed by atoms with E-state index in [0.717, 1.165) is 56.0 Å². The number of fused-ring (bicyclic) bond motifs is 2. The van der Waals surface area contributed by atoms with Crippen molar-refractivity contribution in [1.29, 1.82) is 0 Å². The number of rotatable bonds is 51.